The van der Waals surface area contributed by atoms with Crippen molar-refractivity contribution in [1.82, 2.24) is 29.1 Å². The van der Waals surface area contributed by atoms with Gasteiger partial charge in [-0.15, -0.1) is 11.3 Å². The van der Waals surface area contributed by atoms with Crippen LogP contribution in [0.3, 0.4) is 0 Å². The van der Waals surface area contributed by atoms with Crippen molar-refractivity contribution in [3.8, 4) is 34.4 Å². The summed E-state index contributed by atoms with van der Waals surface area (Å²) in [5.74, 6) is 1.79. The molecule has 0 saturated carbocycles. The molecule has 11 rings (SSSR count). The molecule has 0 N–H and O–H groups in total. The number of hydrogen-bond acceptors (Lipinski definition) is 5. The summed E-state index contributed by atoms with van der Waals surface area (Å²) >= 11 is 1.82. The Morgan fingerprint density at radius 1 is 0.451 bits per heavy atom. The molecule has 0 amide bonds. The van der Waals surface area contributed by atoms with Crippen LogP contribution in [0.5, 0.6) is 0 Å². The molecular weight excluding hydrogens is 645 g/mol. The van der Waals surface area contributed by atoms with Crippen molar-refractivity contribution in [2.24, 2.45) is 0 Å². The van der Waals surface area contributed by atoms with Gasteiger partial charge in [-0.25, -0.2) is 4.98 Å². The standard InChI is InChI=1S/C44H26N6S/c1-2-13-27(14-3-1)42-46-43(33-18-6-10-21-36(33)49-35-20-9-5-17-32(35)39-37(49)22-12-26-45-39)48-44(47-42)50-34-19-8-4-15-28(34)30-24-25-31-29-16-7-11-23-38(29)51-41(31)40(30)50/h1-26H. The number of benzene rings is 6. The van der Waals surface area contributed by atoms with E-state index in [9.17, 15) is 0 Å². The second-order valence-electron chi connectivity index (χ2n) is 12.7. The molecule has 51 heavy (non-hydrogen) atoms. The fourth-order valence-electron chi connectivity index (χ4n) is 7.64. The maximum Gasteiger partial charge on any atom is 0.238 e. The quantitative estimate of drug-likeness (QED) is 0.187. The van der Waals surface area contributed by atoms with Crippen molar-refractivity contribution in [1.29, 1.82) is 0 Å². The van der Waals surface area contributed by atoms with Crippen LogP contribution < -0.4 is 0 Å². The summed E-state index contributed by atoms with van der Waals surface area (Å²) in [6, 6.07) is 52.8. The Morgan fingerprint density at radius 2 is 1.12 bits per heavy atom. The van der Waals surface area contributed by atoms with Crippen LogP contribution in [-0.2, 0) is 0 Å². The van der Waals surface area contributed by atoms with Crippen molar-refractivity contribution < 1.29 is 0 Å². The molecule has 0 aliphatic heterocycles. The van der Waals surface area contributed by atoms with Gasteiger partial charge in [-0.2, -0.15) is 9.97 Å². The molecule has 11 aromatic rings. The molecule has 6 aromatic carbocycles. The highest BCUT2D eigenvalue weighted by atomic mass is 32.1. The smallest absolute Gasteiger partial charge is 0.238 e. The fourth-order valence-corrected chi connectivity index (χ4v) is 8.88. The van der Waals surface area contributed by atoms with E-state index >= 15 is 0 Å². The van der Waals surface area contributed by atoms with E-state index in [1.165, 1.54) is 25.6 Å². The fraction of sp³-hybridized carbons (Fsp3) is 0. The normalized spacial score (nSPS) is 11.9. The third-order valence-electron chi connectivity index (χ3n) is 9.85. The molecule has 0 aliphatic rings. The van der Waals surface area contributed by atoms with Gasteiger partial charge in [0.25, 0.3) is 0 Å². The molecule has 0 saturated heterocycles. The molecule has 238 valence electrons. The van der Waals surface area contributed by atoms with Crippen LogP contribution in [0.25, 0.3) is 98.3 Å². The Bertz CT molecular complexity index is 3100. The van der Waals surface area contributed by atoms with Crippen LogP contribution in [0.4, 0.5) is 0 Å². The summed E-state index contributed by atoms with van der Waals surface area (Å²) in [6.07, 6.45) is 1.86. The monoisotopic (exact) mass is 670 g/mol. The number of pyridine rings is 1. The molecule has 0 bridgehead atoms. The van der Waals surface area contributed by atoms with Gasteiger partial charge in [-0.05, 0) is 42.5 Å². The lowest BCUT2D eigenvalue weighted by Crippen LogP contribution is -2.07. The number of para-hydroxylation sites is 3. The molecule has 0 fully saturated rings. The van der Waals surface area contributed by atoms with Gasteiger partial charge < -0.3 is 4.57 Å². The largest absolute Gasteiger partial charge is 0.307 e. The van der Waals surface area contributed by atoms with Crippen LogP contribution in [-0.4, -0.2) is 29.1 Å². The number of aromatic nitrogens is 6. The number of fused-ring (bicyclic) bond motifs is 10. The third-order valence-corrected chi connectivity index (χ3v) is 11.0. The van der Waals surface area contributed by atoms with Crippen LogP contribution in [0.2, 0.25) is 0 Å². The zero-order valence-electron chi connectivity index (χ0n) is 27.1. The van der Waals surface area contributed by atoms with E-state index in [0.717, 1.165) is 55.2 Å². The SMILES string of the molecule is c1ccc(-c2nc(-c3ccccc3-n3c4ccccc4c4ncccc43)nc(-n3c4ccccc4c4ccc5c6ccccc6sc5c43)n2)cc1. The second kappa shape index (κ2) is 10.9. The molecule has 0 spiro atoms. The van der Waals surface area contributed by atoms with Crippen LogP contribution >= 0.6 is 11.3 Å². The maximum absolute atomic E-state index is 5.38. The third kappa shape index (κ3) is 4.16. The molecule has 0 atom stereocenters. The minimum Gasteiger partial charge on any atom is -0.307 e. The first-order valence-corrected chi connectivity index (χ1v) is 17.7. The Hall–Kier alpha value is -6.70. The average molecular weight is 671 g/mol. The zero-order valence-corrected chi connectivity index (χ0v) is 27.9. The zero-order chi connectivity index (χ0) is 33.5. The number of rotatable bonds is 4. The molecule has 0 aliphatic carbocycles. The first kappa shape index (κ1) is 28.2. The highest BCUT2D eigenvalue weighted by Crippen LogP contribution is 2.43. The number of nitrogens with zero attached hydrogens (tertiary/aromatic N) is 6. The van der Waals surface area contributed by atoms with E-state index < -0.39 is 0 Å². The number of thiophene rings is 1. The van der Waals surface area contributed by atoms with E-state index in [1.807, 2.05) is 41.8 Å². The van der Waals surface area contributed by atoms with Gasteiger partial charge in [-0.3, -0.25) is 9.55 Å². The van der Waals surface area contributed by atoms with Crippen molar-refractivity contribution >= 4 is 75.3 Å². The van der Waals surface area contributed by atoms with Gasteiger partial charge >= 0.3 is 0 Å². The van der Waals surface area contributed by atoms with E-state index in [0.29, 0.717) is 17.6 Å². The summed E-state index contributed by atoms with van der Waals surface area (Å²) in [6.45, 7) is 0. The van der Waals surface area contributed by atoms with Crippen LogP contribution in [0, 0.1) is 0 Å². The van der Waals surface area contributed by atoms with Gasteiger partial charge in [0, 0.05) is 49.0 Å². The Labute approximate surface area is 295 Å². The highest BCUT2D eigenvalue weighted by Gasteiger charge is 2.23. The van der Waals surface area contributed by atoms with Gasteiger partial charge in [0.05, 0.1) is 38.0 Å². The Kier molecular flexibility index (Phi) is 6.02. The lowest BCUT2D eigenvalue weighted by molar-refractivity contribution is 0.953. The van der Waals surface area contributed by atoms with Crippen molar-refractivity contribution in [3.63, 3.8) is 0 Å². The van der Waals surface area contributed by atoms with Crippen molar-refractivity contribution in [2.45, 2.75) is 0 Å². The minimum absolute atomic E-state index is 0.578. The summed E-state index contributed by atoms with van der Waals surface area (Å²) < 4.78 is 6.99. The van der Waals surface area contributed by atoms with Gasteiger partial charge in [-0.1, -0.05) is 109 Å². The predicted molar refractivity (Wildman–Crippen MR) is 210 cm³/mol. The first-order chi connectivity index (χ1) is 25.3. The molecule has 6 nitrogen and oxygen atoms in total. The molecule has 0 radical (unpaired) electrons. The van der Waals surface area contributed by atoms with E-state index in [1.54, 1.807) is 0 Å². The van der Waals surface area contributed by atoms with Crippen LogP contribution in [0.1, 0.15) is 0 Å². The molecule has 5 aromatic heterocycles. The predicted octanol–water partition coefficient (Wildman–Crippen LogP) is 11.2. The molecular formula is C44H26N6S. The highest BCUT2D eigenvalue weighted by molar-refractivity contribution is 7.26. The molecule has 5 heterocycles. The lowest BCUT2D eigenvalue weighted by atomic mass is 10.1. The van der Waals surface area contributed by atoms with Gasteiger partial charge in [0.1, 0.15) is 0 Å². The average Bonchev–Trinajstić information content (AvgIpc) is 3.86. The summed E-state index contributed by atoms with van der Waals surface area (Å²) in [5, 5.41) is 5.92. The summed E-state index contributed by atoms with van der Waals surface area (Å²) in [7, 11) is 0. The molecule has 7 heteroatoms. The number of hydrogen-bond donors (Lipinski definition) is 0. The minimum atomic E-state index is 0.578. The van der Waals surface area contributed by atoms with E-state index in [-0.39, 0.29) is 0 Å². The Balaban J connectivity index is 1.25. The topological polar surface area (TPSA) is 61.4 Å². The first-order valence-electron chi connectivity index (χ1n) is 16.9. The summed E-state index contributed by atoms with van der Waals surface area (Å²) in [4.78, 5) is 20.6. The van der Waals surface area contributed by atoms with Crippen molar-refractivity contribution in [2.75, 3.05) is 0 Å². The Morgan fingerprint density at radius 3 is 2.00 bits per heavy atom. The van der Waals surface area contributed by atoms with Gasteiger partial charge in [0.2, 0.25) is 5.95 Å². The van der Waals surface area contributed by atoms with E-state index in [4.69, 9.17) is 19.9 Å². The van der Waals surface area contributed by atoms with E-state index in [2.05, 4.69) is 137 Å². The van der Waals surface area contributed by atoms with Crippen LogP contribution in [0.15, 0.2) is 158 Å². The maximum atomic E-state index is 5.38. The second-order valence-corrected chi connectivity index (χ2v) is 13.7. The summed E-state index contributed by atoms with van der Waals surface area (Å²) in [5.41, 5.74) is 8.02. The van der Waals surface area contributed by atoms with Crippen molar-refractivity contribution in [3.05, 3.63) is 158 Å². The lowest BCUT2D eigenvalue weighted by Gasteiger charge is -2.15. The molecule has 0 unspecified atom stereocenters. The van der Waals surface area contributed by atoms with Gasteiger partial charge in [0.15, 0.2) is 11.6 Å².